The van der Waals surface area contributed by atoms with Crippen LogP contribution in [-0.2, 0) is 0 Å². The lowest BCUT2D eigenvalue weighted by molar-refractivity contribution is 0.624. The summed E-state index contributed by atoms with van der Waals surface area (Å²) in [6.45, 7) is 3.64. The van der Waals surface area contributed by atoms with Crippen molar-refractivity contribution >= 4 is 0 Å². The monoisotopic (exact) mass is 218 g/mol. The molecule has 0 saturated carbocycles. The Hall–Kier alpha value is -1.70. The second-order valence-electron chi connectivity index (χ2n) is 4.03. The average Bonchev–Trinajstić information content (AvgIpc) is 2.14. The fourth-order valence-corrected chi connectivity index (χ4v) is 1.81. The molecule has 16 heavy (non-hydrogen) atoms. The minimum Gasteiger partial charge on any atom is -0.207 e. The second kappa shape index (κ2) is 4.05. The van der Waals surface area contributed by atoms with Gasteiger partial charge in [0, 0.05) is 0 Å². The zero-order valence-corrected chi connectivity index (χ0v) is 9.22. The van der Waals surface area contributed by atoms with Gasteiger partial charge in [0.15, 0.2) is 0 Å². The Morgan fingerprint density at radius 2 is 1.00 bits per heavy atom. The topological polar surface area (TPSA) is 0 Å². The molecule has 0 atom stereocenters. The van der Waals surface area contributed by atoms with Gasteiger partial charge in [0.05, 0.1) is 0 Å². The van der Waals surface area contributed by atoms with Crippen molar-refractivity contribution in [2.75, 3.05) is 0 Å². The van der Waals surface area contributed by atoms with Crippen molar-refractivity contribution < 1.29 is 8.78 Å². The summed E-state index contributed by atoms with van der Waals surface area (Å²) in [7, 11) is 0. The fourth-order valence-electron chi connectivity index (χ4n) is 1.81. The van der Waals surface area contributed by atoms with E-state index in [-0.39, 0.29) is 11.6 Å². The molecule has 0 aliphatic carbocycles. The molecule has 0 unspecified atom stereocenters. The number of halogens is 2. The molecule has 0 aliphatic heterocycles. The smallest absolute Gasteiger partial charge is 0.124 e. The zero-order valence-electron chi connectivity index (χ0n) is 9.22. The second-order valence-corrected chi connectivity index (χ2v) is 4.03. The number of hydrogen-bond donors (Lipinski definition) is 0. The minimum absolute atomic E-state index is 0.295. The molecule has 82 valence electrons. The molecule has 2 rings (SSSR count). The first-order valence-electron chi connectivity index (χ1n) is 5.09. The summed E-state index contributed by atoms with van der Waals surface area (Å²) in [5.74, 6) is -0.589. The normalized spacial score (nSPS) is 10.5. The van der Waals surface area contributed by atoms with Crippen LogP contribution in [0.5, 0.6) is 0 Å². The van der Waals surface area contributed by atoms with E-state index < -0.39 is 0 Å². The summed E-state index contributed by atoms with van der Waals surface area (Å²) in [6, 6.07) is 9.43. The number of rotatable bonds is 1. The van der Waals surface area contributed by atoms with Gasteiger partial charge in [0.25, 0.3) is 0 Å². The first-order valence-corrected chi connectivity index (χ1v) is 5.09. The van der Waals surface area contributed by atoms with Gasteiger partial charge in [-0.2, -0.15) is 0 Å². The van der Waals surface area contributed by atoms with E-state index in [0.717, 1.165) is 11.1 Å². The summed E-state index contributed by atoms with van der Waals surface area (Å²) in [4.78, 5) is 0. The molecular weight excluding hydrogens is 206 g/mol. The van der Waals surface area contributed by atoms with Crippen LogP contribution in [0.3, 0.4) is 0 Å². The Morgan fingerprint density at radius 3 is 1.31 bits per heavy atom. The lowest BCUT2D eigenvalue weighted by Crippen LogP contribution is -1.86. The molecule has 0 fully saturated rings. The van der Waals surface area contributed by atoms with Gasteiger partial charge >= 0.3 is 0 Å². The van der Waals surface area contributed by atoms with Gasteiger partial charge in [0.2, 0.25) is 0 Å². The quantitative estimate of drug-likeness (QED) is 0.671. The largest absolute Gasteiger partial charge is 0.207 e. The highest BCUT2D eigenvalue weighted by molar-refractivity contribution is 5.65. The minimum atomic E-state index is -0.295. The molecule has 2 aromatic carbocycles. The molecule has 0 aromatic heterocycles. The number of aryl methyl sites for hydroxylation is 2. The molecule has 0 radical (unpaired) electrons. The van der Waals surface area contributed by atoms with Crippen LogP contribution < -0.4 is 0 Å². The lowest BCUT2D eigenvalue weighted by Gasteiger charge is -2.05. The van der Waals surface area contributed by atoms with E-state index in [1.165, 1.54) is 24.3 Å². The highest BCUT2D eigenvalue weighted by Gasteiger charge is 2.03. The maximum atomic E-state index is 13.2. The van der Waals surface area contributed by atoms with Crippen LogP contribution in [0, 0.1) is 25.5 Å². The van der Waals surface area contributed by atoms with Crippen molar-refractivity contribution in [3.05, 3.63) is 59.2 Å². The summed E-state index contributed by atoms with van der Waals surface area (Å²) in [6.07, 6.45) is 0. The SMILES string of the molecule is Cc1cc(F)cc(-c2cc(C)cc(F)c2)c1. The van der Waals surface area contributed by atoms with Crippen LogP contribution in [0.1, 0.15) is 11.1 Å². The maximum absolute atomic E-state index is 13.2. The Labute approximate surface area is 93.5 Å². The molecule has 0 spiro atoms. The van der Waals surface area contributed by atoms with Crippen LogP contribution in [0.4, 0.5) is 8.78 Å². The van der Waals surface area contributed by atoms with Crippen LogP contribution in [0.15, 0.2) is 36.4 Å². The Bertz CT molecular complexity index is 440. The van der Waals surface area contributed by atoms with Crippen LogP contribution >= 0.6 is 0 Å². The van der Waals surface area contributed by atoms with Crippen molar-refractivity contribution in [2.45, 2.75) is 13.8 Å². The molecule has 0 amide bonds. The first-order chi connectivity index (χ1) is 7.54. The standard InChI is InChI=1S/C14H12F2/c1-9-3-11(7-13(15)5-9)12-4-10(2)6-14(16)8-12/h3-8H,1-2H3. The first kappa shape index (κ1) is 10.8. The summed E-state index contributed by atoms with van der Waals surface area (Å²) in [5, 5.41) is 0. The van der Waals surface area contributed by atoms with Gasteiger partial charge in [-0.15, -0.1) is 0 Å². The third-order valence-electron chi connectivity index (χ3n) is 2.42. The van der Waals surface area contributed by atoms with Crippen molar-refractivity contribution in [1.29, 1.82) is 0 Å². The molecule has 0 heterocycles. The zero-order chi connectivity index (χ0) is 11.7. The van der Waals surface area contributed by atoms with Crippen LogP contribution in [0.25, 0.3) is 11.1 Å². The van der Waals surface area contributed by atoms with E-state index in [2.05, 4.69) is 0 Å². The van der Waals surface area contributed by atoms with E-state index in [9.17, 15) is 8.78 Å². The third-order valence-corrected chi connectivity index (χ3v) is 2.42. The van der Waals surface area contributed by atoms with Gasteiger partial charge in [-0.1, -0.05) is 12.1 Å². The molecule has 0 aliphatic rings. The summed E-state index contributed by atoms with van der Waals surface area (Å²) >= 11 is 0. The van der Waals surface area contributed by atoms with Crippen molar-refractivity contribution in [1.82, 2.24) is 0 Å². The molecule has 0 saturated heterocycles. The maximum Gasteiger partial charge on any atom is 0.124 e. The summed E-state index contributed by atoms with van der Waals surface area (Å²) < 4.78 is 26.4. The Kier molecular flexibility index (Phi) is 2.73. The van der Waals surface area contributed by atoms with Crippen molar-refractivity contribution in [3.8, 4) is 11.1 Å². The average molecular weight is 218 g/mol. The van der Waals surface area contributed by atoms with E-state index >= 15 is 0 Å². The van der Waals surface area contributed by atoms with Crippen molar-refractivity contribution in [2.24, 2.45) is 0 Å². The number of benzene rings is 2. The fraction of sp³-hybridized carbons (Fsp3) is 0.143. The van der Waals surface area contributed by atoms with Gasteiger partial charge < -0.3 is 0 Å². The number of hydrogen-bond acceptors (Lipinski definition) is 0. The lowest BCUT2D eigenvalue weighted by atomic mass is 10.0. The predicted molar refractivity (Wildman–Crippen MR) is 61.3 cm³/mol. The predicted octanol–water partition coefficient (Wildman–Crippen LogP) is 4.25. The molecular formula is C14H12F2. The molecule has 0 N–H and O–H groups in total. The Balaban J connectivity index is 2.57. The van der Waals surface area contributed by atoms with Gasteiger partial charge in [0.1, 0.15) is 11.6 Å². The van der Waals surface area contributed by atoms with Crippen molar-refractivity contribution in [3.63, 3.8) is 0 Å². The summed E-state index contributed by atoms with van der Waals surface area (Å²) in [5.41, 5.74) is 3.08. The Morgan fingerprint density at radius 1 is 0.625 bits per heavy atom. The molecule has 0 bridgehead atoms. The van der Waals surface area contributed by atoms with Gasteiger partial charge in [-0.05, 0) is 60.4 Å². The highest BCUT2D eigenvalue weighted by Crippen LogP contribution is 2.23. The highest BCUT2D eigenvalue weighted by atomic mass is 19.1. The van der Waals surface area contributed by atoms with Gasteiger partial charge in [-0.25, -0.2) is 8.78 Å². The van der Waals surface area contributed by atoms with E-state index in [4.69, 9.17) is 0 Å². The molecule has 2 aromatic rings. The van der Waals surface area contributed by atoms with E-state index in [0.29, 0.717) is 11.1 Å². The van der Waals surface area contributed by atoms with E-state index in [1.54, 1.807) is 0 Å². The molecule has 0 nitrogen and oxygen atoms in total. The van der Waals surface area contributed by atoms with Gasteiger partial charge in [-0.3, -0.25) is 0 Å². The third kappa shape index (κ3) is 2.27. The van der Waals surface area contributed by atoms with Crippen LogP contribution in [0.2, 0.25) is 0 Å². The van der Waals surface area contributed by atoms with E-state index in [1.807, 2.05) is 26.0 Å². The van der Waals surface area contributed by atoms with Crippen LogP contribution in [-0.4, -0.2) is 0 Å². The molecule has 2 heteroatoms.